The highest BCUT2D eigenvalue weighted by molar-refractivity contribution is 7.90. The number of ketones is 1. The fraction of sp³-hybridized carbons (Fsp3) is 0.370. The number of amides is 1. The summed E-state index contributed by atoms with van der Waals surface area (Å²) in [6.07, 6.45) is 2.44. The summed E-state index contributed by atoms with van der Waals surface area (Å²) in [5.41, 5.74) is 0.980. The number of methoxy groups -OCH3 is 1. The van der Waals surface area contributed by atoms with Crippen LogP contribution in [0.15, 0.2) is 59.6 Å². The van der Waals surface area contributed by atoms with E-state index >= 15 is 0 Å². The highest BCUT2D eigenvalue weighted by Gasteiger charge is 2.50. The first-order chi connectivity index (χ1) is 17.0. The minimum absolute atomic E-state index is 0.0946. The van der Waals surface area contributed by atoms with Crippen LogP contribution in [0.1, 0.15) is 43.7 Å². The maximum atomic E-state index is 13.7. The Bertz CT molecular complexity index is 1430. The number of hydrogen-bond acceptors (Lipinski definition) is 6. The Kier molecular flexibility index (Phi) is 6.79. The first kappa shape index (κ1) is 25.6. The summed E-state index contributed by atoms with van der Waals surface area (Å²) in [7, 11) is -2.74. The largest absolute Gasteiger partial charge is 0.453 e. The minimum atomic E-state index is -3.97. The van der Waals surface area contributed by atoms with Gasteiger partial charge in [0.1, 0.15) is 12.1 Å². The third kappa shape index (κ3) is 4.32. The molecule has 1 aliphatic carbocycles. The Labute approximate surface area is 210 Å². The van der Waals surface area contributed by atoms with E-state index in [0.29, 0.717) is 29.3 Å². The van der Waals surface area contributed by atoms with Gasteiger partial charge in [-0.1, -0.05) is 42.8 Å². The van der Waals surface area contributed by atoms with Gasteiger partial charge in [0.05, 0.1) is 23.6 Å². The number of carbonyl (C=O) groups is 3. The van der Waals surface area contributed by atoms with Gasteiger partial charge in [0.2, 0.25) is 0 Å². The molecule has 3 aromatic rings. The van der Waals surface area contributed by atoms with Gasteiger partial charge >= 0.3 is 6.09 Å². The van der Waals surface area contributed by atoms with Crippen LogP contribution < -0.4 is 5.32 Å². The third-order valence-corrected chi connectivity index (χ3v) is 9.08. The number of para-hydroxylation sites is 1. The van der Waals surface area contributed by atoms with Gasteiger partial charge in [-0.25, -0.2) is 17.2 Å². The lowest BCUT2D eigenvalue weighted by atomic mass is 9.60. The summed E-state index contributed by atoms with van der Waals surface area (Å²) in [6.45, 7) is 5.11. The maximum absolute atomic E-state index is 13.7. The van der Waals surface area contributed by atoms with Crippen molar-refractivity contribution in [1.29, 1.82) is 0 Å². The first-order valence-corrected chi connectivity index (χ1v) is 13.2. The summed E-state index contributed by atoms with van der Waals surface area (Å²) < 4.78 is 33.5. The summed E-state index contributed by atoms with van der Waals surface area (Å²) in [5, 5.41) is 3.43. The van der Waals surface area contributed by atoms with Crippen LogP contribution in [-0.4, -0.2) is 43.7 Å². The third-order valence-electron chi connectivity index (χ3n) is 7.39. The number of alkyl carbamates (subject to hydrolysis) is 1. The van der Waals surface area contributed by atoms with Gasteiger partial charge in [0.25, 0.3) is 10.0 Å². The molecular weight excluding hydrogens is 480 g/mol. The number of fused-ring (bicyclic) bond motifs is 1. The van der Waals surface area contributed by atoms with Gasteiger partial charge in [-0.15, -0.1) is 0 Å². The lowest BCUT2D eigenvalue weighted by molar-refractivity contribution is -0.127. The van der Waals surface area contributed by atoms with Crippen molar-refractivity contribution in [3.63, 3.8) is 0 Å². The molecule has 0 saturated heterocycles. The number of ether oxygens (including phenoxy) is 1. The average molecular weight is 511 g/mol. The number of carbonyl (C=O) groups excluding carboxylic acids is 3. The molecule has 2 aromatic carbocycles. The predicted octanol–water partition coefficient (Wildman–Crippen LogP) is 4.20. The molecule has 36 heavy (non-hydrogen) atoms. The summed E-state index contributed by atoms with van der Waals surface area (Å²) in [5.74, 6) is -1.27. The number of Topliss-reactive ketones (excluding diaryl/α,β-unsaturated/α-hetero) is 1. The average Bonchev–Trinajstić information content (AvgIpc) is 3.25. The number of benzene rings is 2. The second-order valence-corrected chi connectivity index (χ2v) is 11.5. The van der Waals surface area contributed by atoms with Crippen molar-refractivity contribution in [2.24, 2.45) is 11.3 Å². The number of rotatable bonds is 6. The van der Waals surface area contributed by atoms with Crippen LogP contribution in [0, 0.1) is 18.3 Å². The molecule has 0 unspecified atom stereocenters. The van der Waals surface area contributed by atoms with E-state index in [0.717, 1.165) is 11.8 Å². The minimum Gasteiger partial charge on any atom is -0.453 e. The molecule has 1 saturated carbocycles. The number of nitrogens with one attached hydrogen (secondary N) is 1. The second-order valence-electron chi connectivity index (χ2n) is 9.73. The van der Waals surface area contributed by atoms with Gasteiger partial charge in [-0.2, -0.15) is 0 Å². The standard InChI is InChI=1S/C27H30N2O6S/c1-17-9-11-19(12-10-17)36(33,34)29-15-22(21-7-5-6-8-23(21)29)24-20(18(2)31)13-14-27(3,16-30)25(24)28-26(32)35-4/h5-12,15-16,20,24-25H,13-14H2,1-4H3,(H,28,32)/t20-,24+,25+,27+/m0/s1. The predicted molar refractivity (Wildman–Crippen MR) is 135 cm³/mol. The van der Waals surface area contributed by atoms with E-state index in [4.69, 9.17) is 4.74 Å². The quantitative estimate of drug-likeness (QED) is 0.498. The summed E-state index contributed by atoms with van der Waals surface area (Å²) in [4.78, 5) is 37.6. The number of aryl methyl sites for hydroxylation is 1. The van der Waals surface area contributed by atoms with E-state index in [1.165, 1.54) is 24.2 Å². The Balaban J connectivity index is 1.97. The molecule has 1 heterocycles. The Hall–Kier alpha value is -3.46. The van der Waals surface area contributed by atoms with Crippen molar-refractivity contribution in [3.05, 3.63) is 65.9 Å². The Morgan fingerprint density at radius 3 is 2.42 bits per heavy atom. The normalized spacial score (nSPS) is 24.3. The molecule has 0 bridgehead atoms. The highest BCUT2D eigenvalue weighted by Crippen LogP contribution is 2.49. The molecule has 1 fully saturated rings. The zero-order valence-electron chi connectivity index (χ0n) is 20.7. The molecule has 9 heteroatoms. The molecule has 1 N–H and O–H groups in total. The van der Waals surface area contributed by atoms with Gasteiger partial charge < -0.3 is 14.8 Å². The van der Waals surface area contributed by atoms with Crippen LogP contribution in [-0.2, 0) is 24.3 Å². The van der Waals surface area contributed by atoms with Gasteiger partial charge in [-0.3, -0.25) is 4.79 Å². The molecule has 4 atom stereocenters. The molecule has 0 spiro atoms. The van der Waals surface area contributed by atoms with Crippen molar-refractivity contribution in [2.45, 2.75) is 50.5 Å². The van der Waals surface area contributed by atoms with Gasteiger partial charge in [-0.05, 0) is 50.5 Å². The molecule has 1 aliphatic rings. The summed E-state index contributed by atoms with van der Waals surface area (Å²) >= 11 is 0. The van der Waals surface area contributed by atoms with E-state index in [9.17, 15) is 22.8 Å². The van der Waals surface area contributed by atoms with Crippen LogP contribution in [0.3, 0.4) is 0 Å². The Morgan fingerprint density at radius 1 is 1.14 bits per heavy atom. The van der Waals surface area contributed by atoms with Crippen molar-refractivity contribution >= 4 is 39.1 Å². The Morgan fingerprint density at radius 2 is 1.81 bits per heavy atom. The number of hydrogen-bond donors (Lipinski definition) is 1. The van der Waals surface area contributed by atoms with Crippen molar-refractivity contribution in [3.8, 4) is 0 Å². The van der Waals surface area contributed by atoms with E-state index in [2.05, 4.69) is 5.32 Å². The molecule has 1 aromatic heterocycles. The fourth-order valence-electron chi connectivity index (χ4n) is 5.33. The molecule has 190 valence electrons. The van der Waals surface area contributed by atoms with E-state index in [-0.39, 0.29) is 10.7 Å². The van der Waals surface area contributed by atoms with Crippen molar-refractivity contribution in [2.75, 3.05) is 7.11 Å². The van der Waals surface area contributed by atoms with E-state index in [1.54, 1.807) is 55.5 Å². The zero-order chi connectivity index (χ0) is 26.3. The van der Waals surface area contributed by atoms with Gasteiger partial charge in [0, 0.05) is 28.8 Å². The molecule has 8 nitrogen and oxygen atoms in total. The fourth-order valence-corrected chi connectivity index (χ4v) is 6.71. The SMILES string of the molecule is COC(=O)N[C@@H]1[C@@H](c2cn(S(=O)(=O)c3ccc(C)cc3)c3ccccc23)[C@H](C(C)=O)CC[C@]1(C)C=O. The van der Waals surface area contributed by atoms with Gasteiger partial charge in [0.15, 0.2) is 0 Å². The molecule has 0 radical (unpaired) electrons. The second kappa shape index (κ2) is 9.54. The van der Waals surface area contributed by atoms with Crippen molar-refractivity contribution < 1.29 is 27.5 Å². The van der Waals surface area contributed by atoms with Crippen molar-refractivity contribution in [1.82, 2.24) is 9.29 Å². The molecule has 4 rings (SSSR count). The highest BCUT2D eigenvalue weighted by atomic mass is 32.2. The molecule has 0 aliphatic heterocycles. The molecular formula is C27H30N2O6S. The topological polar surface area (TPSA) is 112 Å². The van der Waals surface area contributed by atoms with Crippen LogP contribution in [0.2, 0.25) is 0 Å². The lowest BCUT2D eigenvalue weighted by Crippen LogP contribution is -2.56. The number of aldehydes is 1. The summed E-state index contributed by atoms with van der Waals surface area (Å²) in [6, 6.07) is 12.8. The van der Waals surface area contributed by atoms with Crippen LogP contribution in [0.25, 0.3) is 10.9 Å². The monoisotopic (exact) mass is 510 g/mol. The maximum Gasteiger partial charge on any atom is 0.407 e. The van der Waals surface area contributed by atoms with E-state index in [1.807, 2.05) is 6.92 Å². The first-order valence-electron chi connectivity index (χ1n) is 11.8. The van der Waals surface area contributed by atoms with E-state index < -0.39 is 39.4 Å². The van der Waals surface area contributed by atoms with Crippen LogP contribution in [0.5, 0.6) is 0 Å². The number of nitrogens with zero attached hydrogens (tertiary/aromatic N) is 1. The zero-order valence-corrected chi connectivity index (χ0v) is 21.5. The molecule has 1 amide bonds. The number of aromatic nitrogens is 1. The smallest absolute Gasteiger partial charge is 0.407 e. The van der Waals surface area contributed by atoms with Crippen LogP contribution >= 0.6 is 0 Å². The van der Waals surface area contributed by atoms with Crippen LogP contribution in [0.4, 0.5) is 4.79 Å². The lowest BCUT2D eigenvalue weighted by Gasteiger charge is -2.46.